The minimum atomic E-state index is 0.113. The van der Waals surface area contributed by atoms with Crippen molar-refractivity contribution in [3.8, 4) is 5.75 Å². The molecule has 0 saturated heterocycles. The van der Waals surface area contributed by atoms with Gasteiger partial charge >= 0.3 is 0 Å². The van der Waals surface area contributed by atoms with E-state index in [1.807, 2.05) is 32.0 Å². The van der Waals surface area contributed by atoms with Gasteiger partial charge in [-0.05, 0) is 43.0 Å². The molecule has 2 rings (SSSR count). The predicted molar refractivity (Wildman–Crippen MR) is 64.0 cm³/mol. The molecule has 0 fully saturated rings. The number of Topliss-reactive ketones (excluding diaryl/α,β-unsaturated/α-hetero) is 1. The van der Waals surface area contributed by atoms with Gasteiger partial charge in [-0.3, -0.25) is 4.79 Å². The van der Waals surface area contributed by atoms with Crippen LogP contribution in [0.25, 0.3) is 0 Å². The molecule has 0 amide bonds. The highest BCUT2D eigenvalue weighted by molar-refractivity contribution is 5.97. The van der Waals surface area contributed by atoms with E-state index in [0.29, 0.717) is 0 Å². The van der Waals surface area contributed by atoms with Crippen molar-refractivity contribution in [2.75, 3.05) is 6.61 Å². The molecule has 0 bridgehead atoms. The largest absolute Gasteiger partial charge is 0.493 e. The Morgan fingerprint density at radius 2 is 2.31 bits per heavy atom. The Labute approximate surface area is 96.6 Å². The van der Waals surface area contributed by atoms with E-state index in [1.165, 1.54) is 5.56 Å². The Kier molecular flexibility index (Phi) is 3.28. The maximum Gasteiger partial charge on any atom is 0.165 e. The summed E-state index contributed by atoms with van der Waals surface area (Å²) >= 11 is 0. The topological polar surface area (TPSA) is 26.3 Å². The summed E-state index contributed by atoms with van der Waals surface area (Å²) in [7, 11) is 0. The molecule has 1 atom stereocenters. The van der Waals surface area contributed by atoms with Crippen LogP contribution in [-0.2, 0) is 6.42 Å². The molecule has 1 unspecified atom stereocenters. The molecular weight excluding hydrogens is 200 g/mol. The van der Waals surface area contributed by atoms with Gasteiger partial charge in [-0.25, -0.2) is 0 Å². The quantitative estimate of drug-likeness (QED) is 0.728. The van der Waals surface area contributed by atoms with Gasteiger partial charge in [-0.1, -0.05) is 13.8 Å². The second-order valence-electron chi connectivity index (χ2n) is 4.45. The summed E-state index contributed by atoms with van der Waals surface area (Å²) in [5.74, 6) is 1.31. The van der Waals surface area contributed by atoms with Gasteiger partial charge in [0.25, 0.3) is 0 Å². The van der Waals surface area contributed by atoms with Crippen molar-refractivity contribution in [1.82, 2.24) is 0 Å². The first-order valence-electron chi connectivity index (χ1n) is 6.02. The van der Waals surface area contributed by atoms with Crippen molar-refractivity contribution in [3.05, 3.63) is 29.3 Å². The van der Waals surface area contributed by atoms with Crippen molar-refractivity contribution in [2.45, 2.75) is 33.1 Å². The van der Waals surface area contributed by atoms with Crippen LogP contribution in [0.15, 0.2) is 18.2 Å². The third kappa shape index (κ3) is 2.11. The van der Waals surface area contributed by atoms with E-state index in [-0.39, 0.29) is 11.7 Å². The first-order valence-corrected chi connectivity index (χ1v) is 6.02. The molecule has 2 nitrogen and oxygen atoms in total. The van der Waals surface area contributed by atoms with Gasteiger partial charge in [0.2, 0.25) is 0 Å². The summed E-state index contributed by atoms with van der Waals surface area (Å²) < 4.78 is 5.53. The van der Waals surface area contributed by atoms with Crippen LogP contribution in [0.2, 0.25) is 0 Å². The zero-order valence-corrected chi connectivity index (χ0v) is 9.95. The van der Waals surface area contributed by atoms with Gasteiger partial charge in [0.05, 0.1) is 6.61 Å². The molecule has 0 aliphatic carbocycles. The lowest BCUT2D eigenvalue weighted by atomic mass is 9.94. The lowest BCUT2D eigenvalue weighted by Gasteiger charge is -2.18. The van der Waals surface area contributed by atoms with Crippen LogP contribution in [0.5, 0.6) is 5.75 Å². The average Bonchev–Trinajstić information content (AvgIpc) is 2.36. The van der Waals surface area contributed by atoms with Gasteiger partial charge in [-0.2, -0.15) is 0 Å². The zero-order valence-electron chi connectivity index (χ0n) is 9.95. The molecule has 0 saturated carbocycles. The van der Waals surface area contributed by atoms with E-state index in [2.05, 4.69) is 0 Å². The minimum Gasteiger partial charge on any atom is -0.493 e. The molecule has 0 spiro atoms. The SMILES string of the molecule is CCC(C)C(=O)c1ccc2c(c1)CCCO2. The molecule has 0 N–H and O–H groups in total. The molecule has 0 aromatic heterocycles. The maximum absolute atomic E-state index is 12.0. The monoisotopic (exact) mass is 218 g/mol. The fourth-order valence-electron chi connectivity index (χ4n) is 1.98. The molecule has 86 valence electrons. The Morgan fingerprint density at radius 3 is 3.06 bits per heavy atom. The summed E-state index contributed by atoms with van der Waals surface area (Å²) in [5, 5.41) is 0. The molecule has 1 aliphatic heterocycles. The second kappa shape index (κ2) is 4.69. The number of fused-ring (bicyclic) bond motifs is 1. The maximum atomic E-state index is 12.0. The Balaban J connectivity index is 2.26. The van der Waals surface area contributed by atoms with Crippen LogP contribution in [-0.4, -0.2) is 12.4 Å². The van der Waals surface area contributed by atoms with Crippen LogP contribution in [0.3, 0.4) is 0 Å². The molecule has 1 aromatic rings. The average molecular weight is 218 g/mol. The highest BCUT2D eigenvalue weighted by atomic mass is 16.5. The molecular formula is C14H18O2. The van der Waals surface area contributed by atoms with Gasteiger partial charge in [0, 0.05) is 11.5 Å². The lowest BCUT2D eigenvalue weighted by Crippen LogP contribution is -2.13. The fourth-order valence-corrected chi connectivity index (χ4v) is 1.98. The van der Waals surface area contributed by atoms with E-state index >= 15 is 0 Å². The summed E-state index contributed by atoms with van der Waals surface area (Å²) in [6, 6.07) is 5.83. The molecule has 16 heavy (non-hydrogen) atoms. The van der Waals surface area contributed by atoms with Gasteiger partial charge < -0.3 is 4.74 Å². The molecule has 1 heterocycles. The minimum absolute atomic E-state index is 0.113. The van der Waals surface area contributed by atoms with E-state index < -0.39 is 0 Å². The molecule has 1 aliphatic rings. The molecule has 0 radical (unpaired) electrons. The van der Waals surface area contributed by atoms with E-state index in [4.69, 9.17) is 4.74 Å². The number of aryl methyl sites for hydroxylation is 1. The number of ketones is 1. The normalized spacial score (nSPS) is 16.1. The number of ether oxygens (including phenoxy) is 1. The van der Waals surface area contributed by atoms with Gasteiger partial charge in [0.1, 0.15) is 5.75 Å². The van der Waals surface area contributed by atoms with Gasteiger partial charge in [-0.15, -0.1) is 0 Å². The van der Waals surface area contributed by atoms with Crippen LogP contribution in [0.4, 0.5) is 0 Å². The van der Waals surface area contributed by atoms with E-state index in [1.54, 1.807) is 0 Å². The van der Waals surface area contributed by atoms with E-state index in [9.17, 15) is 4.79 Å². The Morgan fingerprint density at radius 1 is 1.50 bits per heavy atom. The van der Waals surface area contributed by atoms with Crippen molar-refractivity contribution in [1.29, 1.82) is 0 Å². The summed E-state index contributed by atoms with van der Waals surface area (Å²) in [4.78, 5) is 12.0. The fraction of sp³-hybridized carbons (Fsp3) is 0.500. The highest BCUT2D eigenvalue weighted by Crippen LogP contribution is 2.26. The molecule has 2 heteroatoms. The number of hydrogen-bond donors (Lipinski definition) is 0. The highest BCUT2D eigenvalue weighted by Gasteiger charge is 2.16. The number of hydrogen-bond acceptors (Lipinski definition) is 2. The van der Waals surface area contributed by atoms with Crippen LogP contribution >= 0.6 is 0 Å². The van der Waals surface area contributed by atoms with Crippen LogP contribution in [0, 0.1) is 5.92 Å². The number of carbonyl (C=O) groups excluding carboxylic acids is 1. The number of carbonyl (C=O) groups is 1. The van der Waals surface area contributed by atoms with Crippen LogP contribution < -0.4 is 4.74 Å². The summed E-state index contributed by atoms with van der Waals surface area (Å²) in [5.41, 5.74) is 2.01. The van der Waals surface area contributed by atoms with Crippen LogP contribution in [0.1, 0.15) is 42.6 Å². The van der Waals surface area contributed by atoms with Crippen molar-refractivity contribution in [3.63, 3.8) is 0 Å². The molecule has 1 aromatic carbocycles. The van der Waals surface area contributed by atoms with Crippen molar-refractivity contribution < 1.29 is 9.53 Å². The summed E-state index contributed by atoms with van der Waals surface area (Å²) in [6.07, 6.45) is 2.97. The van der Waals surface area contributed by atoms with E-state index in [0.717, 1.165) is 37.2 Å². The third-order valence-corrected chi connectivity index (χ3v) is 3.25. The van der Waals surface area contributed by atoms with Gasteiger partial charge in [0.15, 0.2) is 5.78 Å². The predicted octanol–water partition coefficient (Wildman–Crippen LogP) is 3.24. The lowest BCUT2D eigenvalue weighted by molar-refractivity contribution is 0.0927. The first kappa shape index (κ1) is 11.2. The Bertz CT molecular complexity index is 396. The standard InChI is InChI=1S/C14H18O2/c1-3-10(2)14(15)12-6-7-13-11(9-12)5-4-8-16-13/h6-7,9-10H,3-5,8H2,1-2H3. The van der Waals surface area contributed by atoms with Crippen molar-refractivity contribution in [2.24, 2.45) is 5.92 Å². The summed E-state index contributed by atoms with van der Waals surface area (Å²) in [6.45, 7) is 4.83. The smallest absolute Gasteiger partial charge is 0.165 e. The second-order valence-corrected chi connectivity index (χ2v) is 4.45. The third-order valence-electron chi connectivity index (χ3n) is 3.25. The van der Waals surface area contributed by atoms with Crippen molar-refractivity contribution >= 4 is 5.78 Å². The Hall–Kier alpha value is -1.31. The number of rotatable bonds is 3. The number of benzene rings is 1. The zero-order chi connectivity index (χ0) is 11.5. The first-order chi connectivity index (χ1) is 7.72.